The lowest BCUT2D eigenvalue weighted by Gasteiger charge is -2.41. The van der Waals surface area contributed by atoms with Crippen LogP contribution in [0, 0.1) is 0 Å². The van der Waals surface area contributed by atoms with Gasteiger partial charge < -0.3 is 39.9 Å². The molecule has 0 aromatic carbocycles. The average molecular weight is 474 g/mol. The highest BCUT2D eigenvalue weighted by molar-refractivity contribution is 7.47. The monoisotopic (exact) mass is 474 g/mol. The van der Waals surface area contributed by atoms with Crippen LogP contribution in [0.5, 0.6) is 0 Å². The largest absolute Gasteiger partial charge is 0.472 e. The van der Waals surface area contributed by atoms with Crippen LogP contribution in [0.1, 0.15) is 39.5 Å². The minimum atomic E-state index is -5.04. The summed E-state index contributed by atoms with van der Waals surface area (Å²) < 4.78 is 31.6. The Morgan fingerprint density at radius 3 is 1.84 bits per heavy atom. The fourth-order valence-corrected chi connectivity index (χ4v) is 3.68. The number of phosphoric ester groups is 1. The van der Waals surface area contributed by atoms with Crippen LogP contribution in [0.3, 0.4) is 0 Å². The van der Waals surface area contributed by atoms with Crippen LogP contribution < -0.4 is 0 Å². The number of esters is 2. The normalized spacial score (nSPS) is 31.5. The first-order chi connectivity index (χ1) is 14.4. The molecule has 14 heteroatoms. The van der Waals surface area contributed by atoms with Crippen molar-refractivity contribution >= 4 is 19.8 Å². The summed E-state index contributed by atoms with van der Waals surface area (Å²) in [5.74, 6) is -1.23. The molecule has 0 heterocycles. The van der Waals surface area contributed by atoms with Gasteiger partial charge in [-0.2, -0.15) is 0 Å². The first kappa shape index (κ1) is 27.9. The van der Waals surface area contributed by atoms with E-state index >= 15 is 0 Å². The summed E-state index contributed by atoms with van der Waals surface area (Å²) in [4.78, 5) is 33.2. The molecule has 0 spiro atoms. The number of rotatable bonds is 12. The van der Waals surface area contributed by atoms with Gasteiger partial charge in [-0.1, -0.05) is 13.8 Å². The van der Waals surface area contributed by atoms with Gasteiger partial charge in [0.15, 0.2) is 6.10 Å². The minimum Gasteiger partial charge on any atom is -0.462 e. The number of aliphatic hydroxyl groups excluding tert-OH is 5. The number of phosphoric acid groups is 1. The molecule has 0 radical (unpaired) electrons. The Labute approximate surface area is 179 Å². The summed E-state index contributed by atoms with van der Waals surface area (Å²) in [7, 11) is -5.04. The Kier molecular flexibility index (Phi) is 11.5. The second-order valence-electron chi connectivity index (χ2n) is 7.08. The fraction of sp³-hybridized carbons (Fsp3) is 0.882. The highest BCUT2D eigenvalue weighted by Crippen LogP contribution is 2.47. The number of carbonyl (C=O) groups excluding carboxylic acids is 2. The van der Waals surface area contributed by atoms with E-state index in [1.165, 1.54) is 0 Å². The maximum absolute atomic E-state index is 12.2. The third-order valence-electron chi connectivity index (χ3n) is 4.39. The maximum atomic E-state index is 12.2. The van der Waals surface area contributed by atoms with Crippen molar-refractivity contribution in [1.29, 1.82) is 0 Å². The Hall–Kier alpha value is -1.15. The van der Waals surface area contributed by atoms with E-state index in [-0.39, 0.29) is 12.8 Å². The van der Waals surface area contributed by atoms with Crippen LogP contribution >= 0.6 is 7.82 Å². The summed E-state index contributed by atoms with van der Waals surface area (Å²) >= 11 is 0. The summed E-state index contributed by atoms with van der Waals surface area (Å²) in [5.41, 5.74) is 0. The lowest BCUT2D eigenvalue weighted by atomic mass is 9.85. The quantitative estimate of drug-likeness (QED) is 0.139. The Bertz CT molecular complexity index is 613. The van der Waals surface area contributed by atoms with Crippen molar-refractivity contribution in [3.63, 3.8) is 0 Å². The molecule has 31 heavy (non-hydrogen) atoms. The molecular formula is C17H31O13P. The molecule has 0 amide bonds. The van der Waals surface area contributed by atoms with Gasteiger partial charge in [0.25, 0.3) is 0 Å². The molecule has 1 saturated carbocycles. The minimum absolute atomic E-state index is 0.0469. The van der Waals surface area contributed by atoms with Gasteiger partial charge in [-0.3, -0.25) is 18.6 Å². The molecule has 1 aliphatic rings. The summed E-state index contributed by atoms with van der Waals surface area (Å²) in [5, 5.41) is 48.6. The van der Waals surface area contributed by atoms with E-state index in [2.05, 4.69) is 4.52 Å². The van der Waals surface area contributed by atoms with Gasteiger partial charge in [-0.05, 0) is 12.8 Å². The summed E-state index contributed by atoms with van der Waals surface area (Å²) in [6.07, 6.45) is -12.0. The fourth-order valence-electron chi connectivity index (χ4n) is 2.71. The van der Waals surface area contributed by atoms with E-state index in [9.17, 15) is 44.6 Å². The van der Waals surface area contributed by atoms with Gasteiger partial charge in [0, 0.05) is 12.8 Å². The first-order valence-corrected chi connectivity index (χ1v) is 11.3. The highest BCUT2D eigenvalue weighted by atomic mass is 31.2. The lowest BCUT2D eigenvalue weighted by Crippen LogP contribution is -2.64. The van der Waals surface area contributed by atoms with Crippen molar-refractivity contribution in [2.24, 2.45) is 0 Å². The third-order valence-corrected chi connectivity index (χ3v) is 5.37. The zero-order chi connectivity index (χ0) is 23.8. The van der Waals surface area contributed by atoms with Crippen LogP contribution in [0.15, 0.2) is 0 Å². The van der Waals surface area contributed by atoms with E-state index in [0.29, 0.717) is 12.8 Å². The molecule has 0 aromatic heterocycles. The van der Waals surface area contributed by atoms with Crippen molar-refractivity contribution < 1.29 is 63.1 Å². The number of hydrogen-bond acceptors (Lipinski definition) is 12. The van der Waals surface area contributed by atoms with E-state index in [1.54, 1.807) is 13.8 Å². The Morgan fingerprint density at radius 2 is 1.32 bits per heavy atom. The van der Waals surface area contributed by atoms with Gasteiger partial charge in [0.2, 0.25) is 0 Å². The molecule has 6 atom stereocenters. The van der Waals surface area contributed by atoms with Gasteiger partial charge in [-0.15, -0.1) is 0 Å². The number of aliphatic hydroxyl groups is 5. The Morgan fingerprint density at radius 1 is 0.839 bits per heavy atom. The molecule has 6 N–H and O–H groups in total. The highest BCUT2D eigenvalue weighted by Gasteiger charge is 2.51. The molecule has 1 fully saturated rings. The van der Waals surface area contributed by atoms with Gasteiger partial charge in [0.05, 0.1) is 6.61 Å². The standard InChI is InChI=1S/C17H31O13P/c1-3-5-10(18)27-7-9(29-11(19)6-4-2)8-28-31(25,26)30-17-15(23)13(21)12(20)14(22)16(17)24/h9,12-17,20-24H,3-8H2,1-2H3,(H,25,26). The lowest BCUT2D eigenvalue weighted by molar-refractivity contribution is -0.220. The SMILES string of the molecule is CCCC(=O)OCC(COP(=O)(O)OC1C(O)C(O)C(O)C(O)C1O)OC(=O)CCC. The summed E-state index contributed by atoms with van der Waals surface area (Å²) in [6.45, 7) is 2.29. The second kappa shape index (κ2) is 12.8. The zero-order valence-corrected chi connectivity index (χ0v) is 18.2. The van der Waals surface area contributed by atoms with E-state index in [0.717, 1.165) is 0 Å². The predicted molar refractivity (Wildman–Crippen MR) is 101 cm³/mol. The van der Waals surface area contributed by atoms with Crippen molar-refractivity contribution in [2.45, 2.75) is 82.3 Å². The molecule has 0 aliphatic heterocycles. The molecule has 6 unspecified atom stereocenters. The van der Waals surface area contributed by atoms with Crippen LogP contribution in [0.2, 0.25) is 0 Å². The van der Waals surface area contributed by atoms with Crippen molar-refractivity contribution in [1.82, 2.24) is 0 Å². The topological polar surface area (TPSA) is 210 Å². The first-order valence-electron chi connectivity index (χ1n) is 9.84. The number of hydrogen-bond donors (Lipinski definition) is 6. The number of carbonyl (C=O) groups is 2. The van der Waals surface area contributed by atoms with Crippen LogP contribution in [-0.4, -0.2) is 98.3 Å². The molecule has 182 valence electrons. The van der Waals surface area contributed by atoms with Crippen molar-refractivity contribution in [3.05, 3.63) is 0 Å². The Balaban J connectivity index is 2.76. The zero-order valence-electron chi connectivity index (χ0n) is 17.3. The molecular weight excluding hydrogens is 443 g/mol. The third kappa shape index (κ3) is 8.72. The van der Waals surface area contributed by atoms with Gasteiger partial charge >= 0.3 is 19.8 Å². The molecule has 1 rings (SSSR count). The van der Waals surface area contributed by atoms with Gasteiger partial charge in [-0.25, -0.2) is 4.57 Å². The van der Waals surface area contributed by atoms with Crippen LogP contribution in [0.25, 0.3) is 0 Å². The van der Waals surface area contributed by atoms with Crippen molar-refractivity contribution in [3.8, 4) is 0 Å². The molecule has 0 bridgehead atoms. The van der Waals surface area contributed by atoms with E-state index in [4.69, 9.17) is 14.0 Å². The molecule has 0 saturated heterocycles. The van der Waals surface area contributed by atoms with Crippen LogP contribution in [-0.2, 0) is 32.7 Å². The molecule has 1 aliphatic carbocycles. The molecule has 0 aromatic rings. The summed E-state index contributed by atoms with van der Waals surface area (Å²) in [6, 6.07) is 0. The van der Waals surface area contributed by atoms with Crippen molar-refractivity contribution in [2.75, 3.05) is 13.2 Å². The van der Waals surface area contributed by atoms with E-state index < -0.39 is 75.7 Å². The maximum Gasteiger partial charge on any atom is 0.472 e. The van der Waals surface area contributed by atoms with Gasteiger partial charge in [0.1, 0.15) is 43.2 Å². The predicted octanol–water partition coefficient (Wildman–Crippen LogP) is -1.64. The van der Waals surface area contributed by atoms with E-state index in [1.807, 2.05) is 0 Å². The average Bonchev–Trinajstić information content (AvgIpc) is 2.70. The smallest absolute Gasteiger partial charge is 0.462 e. The van der Waals surface area contributed by atoms with Crippen LogP contribution in [0.4, 0.5) is 0 Å². The molecule has 13 nitrogen and oxygen atoms in total. The second-order valence-corrected chi connectivity index (χ2v) is 8.49. The number of ether oxygens (including phenoxy) is 2.